The van der Waals surface area contributed by atoms with Crippen LogP contribution in [0.2, 0.25) is 5.02 Å². The summed E-state index contributed by atoms with van der Waals surface area (Å²) in [6.07, 6.45) is -2.51. The van der Waals surface area contributed by atoms with Gasteiger partial charge in [0.15, 0.2) is 0 Å². The highest BCUT2D eigenvalue weighted by Gasteiger charge is 2.07. The van der Waals surface area contributed by atoms with E-state index in [-0.39, 0.29) is 19.1 Å². The van der Waals surface area contributed by atoms with Crippen LogP contribution in [0, 0.1) is 0 Å². The van der Waals surface area contributed by atoms with Crippen molar-refractivity contribution in [1.29, 1.82) is 0 Å². The highest BCUT2D eigenvalue weighted by atomic mass is 35.5. The van der Waals surface area contributed by atoms with Crippen LogP contribution in [0.25, 0.3) is 0 Å². The molecule has 0 saturated carbocycles. The predicted molar refractivity (Wildman–Crippen MR) is 65.0 cm³/mol. The number of rotatable bonds is 6. The number of hydrogen-bond acceptors (Lipinski definition) is 3. The minimum absolute atomic E-state index is 0.0200. The van der Waals surface area contributed by atoms with Crippen LogP contribution in [0.3, 0.4) is 0 Å². The van der Waals surface area contributed by atoms with E-state index in [0.29, 0.717) is 16.3 Å². The molecule has 100 valence electrons. The van der Waals surface area contributed by atoms with Gasteiger partial charge in [-0.1, -0.05) is 11.6 Å². The summed E-state index contributed by atoms with van der Waals surface area (Å²) in [5.41, 5.74) is 6.22. The first-order chi connectivity index (χ1) is 8.49. The number of hydrogen-bond donors (Lipinski definition) is 2. The maximum Gasteiger partial charge on any atom is 0.261 e. The molecule has 18 heavy (non-hydrogen) atoms. The molecule has 0 saturated heterocycles. The molecule has 0 unspecified atom stereocenters. The largest absolute Gasteiger partial charge is 0.399 e. The third kappa shape index (κ3) is 5.29. The lowest BCUT2D eigenvalue weighted by molar-refractivity contribution is 0.0188. The van der Waals surface area contributed by atoms with Crippen LogP contribution in [0.1, 0.15) is 10.4 Å². The first-order valence-electron chi connectivity index (χ1n) is 5.19. The third-order valence-electron chi connectivity index (χ3n) is 1.96. The summed E-state index contributed by atoms with van der Waals surface area (Å²) in [4.78, 5) is 11.6. The van der Waals surface area contributed by atoms with E-state index in [0.717, 1.165) is 0 Å². The SMILES string of the molecule is Nc1cc(Cl)cc(C(=O)NCCOCC(F)F)c1. The number of anilines is 1. The van der Waals surface area contributed by atoms with Gasteiger partial charge in [-0.05, 0) is 18.2 Å². The summed E-state index contributed by atoms with van der Waals surface area (Å²) in [6, 6.07) is 4.46. The molecule has 0 heterocycles. The summed E-state index contributed by atoms with van der Waals surface area (Å²) in [5, 5.41) is 2.86. The first-order valence-corrected chi connectivity index (χ1v) is 5.57. The molecule has 1 aromatic carbocycles. The fourth-order valence-corrected chi connectivity index (χ4v) is 1.50. The first kappa shape index (κ1) is 14.7. The highest BCUT2D eigenvalue weighted by Crippen LogP contribution is 2.16. The Labute approximate surface area is 108 Å². The minimum atomic E-state index is -2.51. The molecule has 1 aromatic rings. The monoisotopic (exact) mass is 278 g/mol. The topological polar surface area (TPSA) is 64.4 Å². The van der Waals surface area contributed by atoms with Crippen LogP contribution < -0.4 is 11.1 Å². The van der Waals surface area contributed by atoms with Gasteiger partial charge >= 0.3 is 0 Å². The van der Waals surface area contributed by atoms with Gasteiger partial charge in [0.25, 0.3) is 12.3 Å². The van der Waals surface area contributed by atoms with Gasteiger partial charge in [0.05, 0.1) is 6.61 Å². The van der Waals surface area contributed by atoms with E-state index in [1.807, 2.05) is 0 Å². The Bertz CT molecular complexity index is 396. The summed E-state index contributed by atoms with van der Waals surface area (Å²) >= 11 is 5.74. The number of carbonyl (C=O) groups is 1. The van der Waals surface area contributed by atoms with Crippen molar-refractivity contribution < 1.29 is 18.3 Å². The second-order valence-electron chi connectivity index (χ2n) is 3.50. The molecule has 4 nitrogen and oxygen atoms in total. The molecule has 0 atom stereocenters. The molecule has 0 spiro atoms. The number of nitrogens with two attached hydrogens (primary N) is 1. The molecule has 1 amide bonds. The lowest BCUT2D eigenvalue weighted by Crippen LogP contribution is -2.27. The molecule has 0 radical (unpaired) electrons. The maximum atomic E-state index is 11.7. The van der Waals surface area contributed by atoms with Gasteiger partial charge in [-0.25, -0.2) is 8.78 Å². The Morgan fingerprint density at radius 3 is 2.78 bits per heavy atom. The molecule has 3 N–H and O–H groups in total. The van der Waals surface area contributed by atoms with Crippen molar-refractivity contribution in [3.05, 3.63) is 28.8 Å². The van der Waals surface area contributed by atoms with Gasteiger partial charge in [0.1, 0.15) is 6.61 Å². The normalized spacial score (nSPS) is 10.7. The number of alkyl halides is 2. The fourth-order valence-electron chi connectivity index (χ4n) is 1.25. The van der Waals surface area contributed by atoms with Crippen LogP contribution in [0.15, 0.2) is 18.2 Å². The van der Waals surface area contributed by atoms with Crippen LogP contribution in [0.4, 0.5) is 14.5 Å². The number of nitrogen functional groups attached to an aromatic ring is 1. The smallest absolute Gasteiger partial charge is 0.261 e. The molecule has 0 aliphatic heterocycles. The van der Waals surface area contributed by atoms with E-state index in [9.17, 15) is 13.6 Å². The minimum Gasteiger partial charge on any atom is -0.399 e. The van der Waals surface area contributed by atoms with Crippen molar-refractivity contribution in [3.8, 4) is 0 Å². The Balaban J connectivity index is 2.36. The van der Waals surface area contributed by atoms with Gasteiger partial charge in [0.2, 0.25) is 0 Å². The third-order valence-corrected chi connectivity index (χ3v) is 2.18. The molecule has 0 aliphatic carbocycles. The standard InChI is InChI=1S/C11H13ClF2N2O2/c12-8-3-7(4-9(15)5-8)11(17)16-1-2-18-6-10(13)14/h3-5,10H,1-2,6,15H2,(H,16,17). The zero-order valence-corrected chi connectivity index (χ0v) is 10.2. The average Bonchev–Trinajstić information content (AvgIpc) is 2.26. The van der Waals surface area contributed by atoms with Crippen LogP contribution >= 0.6 is 11.6 Å². The van der Waals surface area contributed by atoms with Crippen molar-refractivity contribution in [2.75, 3.05) is 25.5 Å². The summed E-state index contributed by atoms with van der Waals surface area (Å²) in [5.74, 6) is -0.384. The number of ether oxygens (including phenoxy) is 1. The van der Waals surface area contributed by atoms with Gasteiger partial charge < -0.3 is 15.8 Å². The molecule has 0 fully saturated rings. The van der Waals surface area contributed by atoms with E-state index in [4.69, 9.17) is 17.3 Å². The van der Waals surface area contributed by atoms with Crippen molar-refractivity contribution in [1.82, 2.24) is 5.32 Å². The molecular formula is C11H13ClF2N2O2. The van der Waals surface area contributed by atoms with Crippen LogP contribution in [-0.2, 0) is 4.74 Å². The Kier molecular flexibility index (Phi) is 5.80. The van der Waals surface area contributed by atoms with Crippen molar-refractivity contribution in [3.63, 3.8) is 0 Å². The molecule has 0 aromatic heterocycles. The Morgan fingerprint density at radius 1 is 1.44 bits per heavy atom. The number of nitrogens with one attached hydrogen (secondary N) is 1. The molecule has 0 aliphatic rings. The molecule has 0 bridgehead atoms. The fraction of sp³-hybridized carbons (Fsp3) is 0.364. The predicted octanol–water partition coefficient (Wildman–Crippen LogP) is 1.93. The maximum absolute atomic E-state index is 11.7. The van der Waals surface area contributed by atoms with Gasteiger partial charge in [0, 0.05) is 22.8 Å². The Hall–Kier alpha value is -1.40. The molecule has 1 rings (SSSR count). The van der Waals surface area contributed by atoms with E-state index in [2.05, 4.69) is 10.1 Å². The number of halogens is 3. The Morgan fingerprint density at radius 2 is 2.17 bits per heavy atom. The number of benzene rings is 1. The van der Waals surface area contributed by atoms with Crippen molar-refractivity contribution >= 4 is 23.2 Å². The number of amides is 1. The van der Waals surface area contributed by atoms with E-state index >= 15 is 0 Å². The summed E-state index contributed by atoms with van der Waals surface area (Å²) in [6.45, 7) is -0.482. The summed E-state index contributed by atoms with van der Waals surface area (Å²) in [7, 11) is 0. The van der Waals surface area contributed by atoms with E-state index in [1.54, 1.807) is 0 Å². The van der Waals surface area contributed by atoms with Gasteiger partial charge in [-0.2, -0.15) is 0 Å². The lowest BCUT2D eigenvalue weighted by Gasteiger charge is -2.07. The second kappa shape index (κ2) is 7.13. The van der Waals surface area contributed by atoms with Crippen molar-refractivity contribution in [2.24, 2.45) is 0 Å². The second-order valence-corrected chi connectivity index (χ2v) is 3.93. The van der Waals surface area contributed by atoms with E-state index in [1.165, 1.54) is 18.2 Å². The lowest BCUT2D eigenvalue weighted by atomic mass is 10.2. The molecular weight excluding hydrogens is 266 g/mol. The quantitative estimate of drug-likeness (QED) is 0.617. The zero-order valence-electron chi connectivity index (χ0n) is 9.46. The number of carbonyl (C=O) groups excluding carboxylic acids is 1. The zero-order chi connectivity index (χ0) is 13.5. The van der Waals surface area contributed by atoms with Crippen LogP contribution in [0.5, 0.6) is 0 Å². The molecule has 7 heteroatoms. The van der Waals surface area contributed by atoms with E-state index < -0.39 is 13.0 Å². The van der Waals surface area contributed by atoms with Crippen LogP contribution in [-0.4, -0.2) is 32.1 Å². The highest BCUT2D eigenvalue weighted by molar-refractivity contribution is 6.31. The average molecular weight is 279 g/mol. The van der Waals surface area contributed by atoms with Gasteiger partial charge in [-0.3, -0.25) is 4.79 Å². The summed E-state index contributed by atoms with van der Waals surface area (Å²) < 4.78 is 28.1. The van der Waals surface area contributed by atoms with Gasteiger partial charge in [-0.15, -0.1) is 0 Å². The van der Waals surface area contributed by atoms with Crippen molar-refractivity contribution in [2.45, 2.75) is 6.43 Å².